The molecule has 1 rings (SSSR count). The van der Waals surface area contributed by atoms with Gasteiger partial charge in [0.25, 0.3) is 0 Å². The Bertz CT molecular complexity index is 301. The van der Waals surface area contributed by atoms with Gasteiger partial charge in [0.1, 0.15) is 0 Å². The average molecular weight is 250 g/mol. The molecule has 102 valence electrons. The van der Waals surface area contributed by atoms with E-state index < -0.39 is 0 Å². The van der Waals surface area contributed by atoms with Gasteiger partial charge in [0.2, 0.25) is 0 Å². The molecule has 0 aliphatic rings. The lowest BCUT2D eigenvalue weighted by molar-refractivity contribution is 0.102. The summed E-state index contributed by atoms with van der Waals surface area (Å²) >= 11 is 0. The summed E-state index contributed by atoms with van der Waals surface area (Å²) in [7, 11) is 1.76. The van der Waals surface area contributed by atoms with E-state index in [1.165, 1.54) is 5.56 Å². The summed E-state index contributed by atoms with van der Waals surface area (Å²) in [4.78, 5) is 0. The van der Waals surface area contributed by atoms with Gasteiger partial charge < -0.3 is 15.4 Å². The Morgan fingerprint density at radius 2 is 1.83 bits per heavy atom. The first kappa shape index (κ1) is 15.2. The van der Waals surface area contributed by atoms with E-state index in [1.54, 1.807) is 7.11 Å². The Kier molecular flexibility index (Phi) is 7.65. The van der Waals surface area contributed by atoms with Crippen LogP contribution in [0, 0.1) is 0 Å². The molecule has 0 saturated heterocycles. The number of hydrogen-bond donors (Lipinski definition) is 2. The molecule has 0 bridgehead atoms. The van der Waals surface area contributed by atoms with Crippen molar-refractivity contribution in [1.82, 2.24) is 10.6 Å². The van der Waals surface area contributed by atoms with Gasteiger partial charge in [0, 0.05) is 19.7 Å². The molecular weight excluding hydrogens is 224 g/mol. The lowest BCUT2D eigenvalue weighted by Gasteiger charge is -2.16. The Balaban J connectivity index is 2.17. The fourth-order valence-electron chi connectivity index (χ4n) is 1.84. The summed E-state index contributed by atoms with van der Waals surface area (Å²) in [6.45, 7) is 7.29. The molecule has 0 fully saturated rings. The molecule has 18 heavy (non-hydrogen) atoms. The minimum Gasteiger partial charge on any atom is -0.375 e. The van der Waals surface area contributed by atoms with Crippen molar-refractivity contribution in [3.05, 3.63) is 35.9 Å². The first-order chi connectivity index (χ1) is 8.74. The van der Waals surface area contributed by atoms with Crippen LogP contribution in [0.5, 0.6) is 0 Å². The standard InChI is InChI=1S/C15H26N2O/c1-13(2)17-11-7-10-16-12-15(18-3)14-8-5-4-6-9-14/h4-6,8-9,13,15-17H,7,10-12H2,1-3H3. The number of hydrogen-bond acceptors (Lipinski definition) is 3. The highest BCUT2D eigenvalue weighted by Gasteiger charge is 2.08. The van der Waals surface area contributed by atoms with E-state index in [4.69, 9.17) is 4.74 Å². The topological polar surface area (TPSA) is 33.3 Å². The summed E-state index contributed by atoms with van der Waals surface area (Å²) in [5.74, 6) is 0. The third-order valence-corrected chi connectivity index (χ3v) is 2.87. The maximum atomic E-state index is 5.50. The number of nitrogens with one attached hydrogen (secondary N) is 2. The second-order valence-electron chi connectivity index (χ2n) is 4.80. The van der Waals surface area contributed by atoms with Crippen LogP contribution in [-0.2, 0) is 4.74 Å². The summed E-state index contributed by atoms with van der Waals surface area (Å²) in [5, 5.41) is 6.85. The Labute approximate surface area is 111 Å². The number of ether oxygens (including phenoxy) is 1. The summed E-state index contributed by atoms with van der Waals surface area (Å²) in [6.07, 6.45) is 1.29. The maximum Gasteiger partial charge on any atom is 0.0945 e. The molecule has 0 heterocycles. The second kappa shape index (κ2) is 9.09. The van der Waals surface area contributed by atoms with Gasteiger partial charge >= 0.3 is 0 Å². The van der Waals surface area contributed by atoms with Crippen LogP contribution in [0.25, 0.3) is 0 Å². The largest absolute Gasteiger partial charge is 0.375 e. The second-order valence-corrected chi connectivity index (χ2v) is 4.80. The zero-order valence-electron chi connectivity index (χ0n) is 11.8. The molecule has 2 N–H and O–H groups in total. The fraction of sp³-hybridized carbons (Fsp3) is 0.600. The van der Waals surface area contributed by atoms with Crippen LogP contribution >= 0.6 is 0 Å². The zero-order chi connectivity index (χ0) is 13.2. The monoisotopic (exact) mass is 250 g/mol. The van der Waals surface area contributed by atoms with Crippen molar-refractivity contribution in [2.75, 3.05) is 26.7 Å². The molecule has 0 aliphatic carbocycles. The molecule has 3 heteroatoms. The molecule has 0 saturated carbocycles. The molecule has 0 radical (unpaired) electrons. The molecule has 1 aromatic carbocycles. The van der Waals surface area contributed by atoms with Gasteiger partial charge in [0.05, 0.1) is 6.10 Å². The Morgan fingerprint density at radius 3 is 2.44 bits per heavy atom. The third kappa shape index (κ3) is 6.15. The van der Waals surface area contributed by atoms with Gasteiger partial charge in [-0.1, -0.05) is 44.2 Å². The van der Waals surface area contributed by atoms with Crippen LogP contribution in [0.15, 0.2) is 30.3 Å². The van der Waals surface area contributed by atoms with E-state index in [1.807, 2.05) is 18.2 Å². The van der Waals surface area contributed by atoms with Crippen molar-refractivity contribution in [3.8, 4) is 0 Å². The molecular formula is C15H26N2O. The van der Waals surface area contributed by atoms with Crippen molar-refractivity contribution in [2.45, 2.75) is 32.4 Å². The summed E-state index contributed by atoms with van der Waals surface area (Å²) < 4.78 is 5.50. The van der Waals surface area contributed by atoms with Gasteiger partial charge in [-0.05, 0) is 25.1 Å². The van der Waals surface area contributed by atoms with Crippen LogP contribution in [-0.4, -0.2) is 32.8 Å². The van der Waals surface area contributed by atoms with Crippen LogP contribution in [0.3, 0.4) is 0 Å². The van der Waals surface area contributed by atoms with Crippen molar-refractivity contribution in [3.63, 3.8) is 0 Å². The number of benzene rings is 1. The summed E-state index contributed by atoms with van der Waals surface area (Å²) in [5.41, 5.74) is 1.23. The van der Waals surface area contributed by atoms with Crippen molar-refractivity contribution < 1.29 is 4.74 Å². The van der Waals surface area contributed by atoms with Crippen LogP contribution < -0.4 is 10.6 Å². The van der Waals surface area contributed by atoms with Crippen molar-refractivity contribution >= 4 is 0 Å². The molecule has 1 aromatic rings. The van der Waals surface area contributed by atoms with Crippen molar-refractivity contribution in [1.29, 1.82) is 0 Å². The normalized spacial score (nSPS) is 12.9. The predicted molar refractivity (Wildman–Crippen MR) is 76.8 cm³/mol. The van der Waals surface area contributed by atoms with Gasteiger partial charge in [0.15, 0.2) is 0 Å². The number of rotatable bonds is 9. The molecule has 0 amide bonds. The highest BCUT2D eigenvalue weighted by atomic mass is 16.5. The van der Waals surface area contributed by atoms with E-state index in [9.17, 15) is 0 Å². The van der Waals surface area contributed by atoms with E-state index >= 15 is 0 Å². The quantitative estimate of drug-likeness (QED) is 0.660. The molecule has 0 aliphatic heterocycles. The van der Waals surface area contributed by atoms with Crippen LogP contribution in [0.2, 0.25) is 0 Å². The minimum absolute atomic E-state index is 0.143. The lowest BCUT2D eigenvalue weighted by Crippen LogP contribution is -2.29. The van der Waals surface area contributed by atoms with Crippen LogP contribution in [0.1, 0.15) is 31.9 Å². The molecule has 1 atom stereocenters. The first-order valence-electron chi connectivity index (χ1n) is 6.76. The van der Waals surface area contributed by atoms with E-state index in [-0.39, 0.29) is 6.10 Å². The molecule has 3 nitrogen and oxygen atoms in total. The smallest absolute Gasteiger partial charge is 0.0945 e. The Hall–Kier alpha value is -0.900. The minimum atomic E-state index is 0.143. The Morgan fingerprint density at radius 1 is 1.11 bits per heavy atom. The average Bonchev–Trinajstić information content (AvgIpc) is 2.38. The van der Waals surface area contributed by atoms with Gasteiger partial charge in [-0.15, -0.1) is 0 Å². The highest BCUT2D eigenvalue weighted by molar-refractivity contribution is 5.17. The van der Waals surface area contributed by atoms with Gasteiger partial charge in [-0.3, -0.25) is 0 Å². The summed E-state index contributed by atoms with van der Waals surface area (Å²) in [6, 6.07) is 10.9. The highest BCUT2D eigenvalue weighted by Crippen LogP contribution is 2.14. The zero-order valence-corrected chi connectivity index (χ0v) is 11.8. The van der Waals surface area contributed by atoms with Gasteiger partial charge in [-0.2, -0.15) is 0 Å². The lowest BCUT2D eigenvalue weighted by atomic mass is 10.1. The van der Waals surface area contributed by atoms with Gasteiger partial charge in [-0.25, -0.2) is 0 Å². The fourth-order valence-corrected chi connectivity index (χ4v) is 1.84. The SMILES string of the molecule is COC(CNCCCNC(C)C)c1ccccc1. The molecule has 1 unspecified atom stereocenters. The number of methoxy groups -OCH3 is 1. The van der Waals surface area contributed by atoms with E-state index in [0.717, 1.165) is 26.1 Å². The molecule has 0 spiro atoms. The van der Waals surface area contributed by atoms with Crippen molar-refractivity contribution in [2.24, 2.45) is 0 Å². The molecule has 0 aromatic heterocycles. The third-order valence-electron chi connectivity index (χ3n) is 2.87. The predicted octanol–water partition coefficient (Wildman–Crippen LogP) is 2.35. The first-order valence-corrected chi connectivity index (χ1v) is 6.76. The maximum absolute atomic E-state index is 5.50. The van der Waals surface area contributed by atoms with Crippen LogP contribution in [0.4, 0.5) is 0 Å². The van der Waals surface area contributed by atoms with E-state index in [0.29, 0.717) is 6.04 Å². The van der Waals surface area contributed by atoms with E-state index in [2.05, 4.69) is 36.6 Å².